The quantitative estimate of drug-likeness (QED) is 0.847. The van der Waals surface area contributed by atoms with E-state index in [0.717, 1.165) is 16.6 Å². The minimum Gasteiger partial charge on any atom is -0.347 e. The van der Waals surface area contributed by atoms with Crippen molar-refractivity contribution in [1.82, 2.24) is 9.47 Å². The maximum absolute atomic E-state index is 12.9. The summed E-state index contributed by atoms with van der Waals surface area (Å²) in [5, 5.41) is 0.917. The highest BCUT2D eigenvalue weighted by Gasteiger charge is 2.34. The van der Waals surface area contributed by atoms with Crippen LogP contribution in [0.5, 0.6) is 0 Å². The number of hydrogen-bond acceptors (Lipinski definition) is 3. The Labute approximate surface area is 130 Å². The smallest absolute Gasteiger partial charge is 0.256 e. The van der Waals surface area contributed by atoms with Crippen molar-refractivity contribution in [3.8, 4) is 0 Å². The van der Waals surface area contributed by atoms with Gasteiger partial charge in [0.1, 0.15) is 0 Å². The first-order valence-corrected chi connectivity index (χ1v) is 9.15. The number of carbonyl (C=O) groups excluding carboxylic acids is 1. The van der Waals surface area contributed by atoms with Crippen molar-refractivity contribution in [1.29, 1.82) is 0 Å². The van der Waals surface area contributed by atoms with E-state index in [1.54, 1.807) is 11.9 Å². The number of benzene rings is 1. The van der Waals surface area contributed by atoms with Crippen molar-refractivity contribution in [2.45, 2.75) is 19.4 Å². The zero-order valence-corrected chi connectivity index (χ0v) is 13.9. The molecule has 5 nitrogen and oxygen atoms in total. The van der Waals surface area contributed by atoms with Crippen LogP contribution in [0, 0.1) is 6.92 Å². The van der Waals surface area contributed by atoms with Crippen LogP contribution in [0.15, 0.2) is 24.3 Å². The van der Waals surface area contributed by atoms with Crippen LogP contribution in [0.2, 0.25) is 0 Å². The molecule has 2 heterocycles. The molecule has 1 saturated heterocycles. The molecule has 1 aliphatic rings. The first-order valence-electron chi connectivity index (χ1n) is 7.33. The monoisotopic (exact) mass is 320 g/mol. The Hall–Kier alpha value is -1.82. The van der Waals surface area contributed by atoms with Gasteiger partial charge in [-0.3, -0.25) is 4.79 Å². The molecule has 22 heavy (non-hydrogen) atoms. The lowest BCUT2D eigenvalue weighted by atomic mass is 10.1. The molecule has 0 saturated carbocycles. The maximum atomic E-state index is 12.9. The predicted octanol–water partition coefficient (Wildman–Crippen LogP) is 1.75. The average Bonchev–Trinajstić information content (AvgIpc) is 2.97. The van der Waals surface area contributed by atoms with E-state index in [2.05, 4.69) is 0 Å². The second-order valence-corrected chi connectivity index (χ2v) is 8.24. The Morgan fingerprint density at radius 3 is 2.64 bits per heavy atom. The molecule has 0 bridgehead atoms. The standard InChI is InChI=1S/C16H20N2O3S/c1-11-15(13-6-4-5-7-14(13)17(11)2)16(19)18(3)12-8-9-22(20,21)10-12/h4-7,12H,8-10H2,1-3H3. The van der Waals surface area contributed by atoms with Gasteiger partial charge in [0, 0.05) is 36.7 Å². The SMILES string of the molecule is Cc1c(C(=O)N(C)C2CCS(=O)(=O)C2)c2ccccc2n1C. The van der Waals surface area contributed by atoms with Crippen LogP contribution in [-0.2, 0) is 16.9 Å². The molecular weight excluding hydrogens is 300 g/mol. The normalized spacial score (nSPS) is 20.4. The number of aryl methyl sites for hydroxylation is 1. The summed E-state index contributed by atoms with van der Waals surface area (Å²) in [5.74, 6) is 0.138. The van der Waals surface area contributed by atoms with Crippen molar-refractivity contribution in [3.63, 3.8) is 0 Å². The fourth-order valence-electron chi connectivity index (χ4n) is 3.21. The second kappa shape index (κ2) is 5.12. The molecule has 1 aliphatic heterocycles. The number of fused-ring (bicyclic) bond motifs is 1. The molecule has 1 unspecified atom stereocenters. The third-order valence-corrected chi connectivity index (χ3v) is 6.44. The van der Waals surface area contributed by atoms with Gasteiger partial charge in [-0.2, -0.15) is 0 Å². The molecule has 118 valence electrons. The summed E-state index contributed by atoms with van der Waals surface area (Å²) < 4.78 is 25.3. The largest absolute Gasteiger partial charge is 0.347 e. The number of sulfone groups is 1. The molecule has 1 aromatic carbocycles. The molecule has 1 fully saturated rings. The van der Waals surface area contributed by atoms with E-state index in [4.69, 9.17) is 0 Å². The van der Waals surface area contributed by atoms with Crippen LogP contribution >= 0.6 is 0 Å². The molecule has 1 aromatic heterocycles. The van der Waals surface area contributed by atoms with Crippen molar-refractivity contribution in [2.75, 3.05) is 18.6 Å². The molecule has 2 aromatic rings. The Bertz CT molecular complexity index is 852. The Kier molecular flexibility index (Phi) is 3.51. The van der Waals surface area contributed by atoms with Gasteiger partial charge in [-0.05, 0) is 19.4 Å². The Morgan fingerprint density at radius 2 is 2.00 bits per heavy atom. The van der Waals surface area contributed by atoms with Gasteiger partial charge in [0.2, 0.25) is 0 Å². The molecule has 0 N–H and O–H groups in total. The molecule has 0 aliphatic carbocycles. The molecule has 6 heteroatoms. The number of aromatic nitrogens is 1. The van der Waals surface area contributed by atoms with Crippen molar-refractivity contribution < 1.29 is 13.2 Å². The summed E-state index contributed by atoms with van der Waals surface area (Å²) >= 11 is 0. The number of amides is 1. The fourth-order valence-corrected chi connectivity index (χ4v) is 4.99. The highest BCUT2D eigenvalue weighted by atomic mass is 32.2. The number of nitrogens with zero attached hydrogens (tertiary/aromatic N) is 2. The molecule has 0 spiro atoms. The zero-order valence-electron chi connectivity index (χ0n) is 13.0. The van der Waals surface area contributed by atoms with E-state index in [-0.39, 0.29) is 23.5 Å². The van der Waals surface area contributed by atoms with Crippen LogP contribution in [0.25, 0.3) is 10.9 Å². The van der Waals surface area contributed by atoms with Gasteiger partial charge < -0.3 is 9.47 Å². The lowest BCUT2D eigenvalue weighted by molar-refractivity contribution is 0.0748. The lowest BCUT2D eigenvalue weighted by Crippen LogP contribution is -2.38. The summed E-state index contributed by atoms with van der Waals surface area (Å²) in [6.07, 6.45) is 0.522. The van der Waals surface area contributed by atoms with Gasteiger partial charge in [-0.25, -0.2) is 8.42 Å². The van der Waals surface area contributed by atoms with E-state index in [1.165, 1.54) is 0 Å². The highest BCUT2D eigenvalue weighted by molar-refractivity contribution is 7.91. The van der Waals surface area contributed by atoms with Gasteiger partial charge in [0.15, 0.2) is 9.84 Å². The van der Waals surface area contributed by atoms with Crippen LogP contribution in [-0.4, -0.2) is 48.4 Å². The molecular formula is C16H20N2O3S. The van der Waals surface area contributed by atoms with E-state index >= 15 is 0 Å². The fraction of sp³-hybridized carbons (Fsp3) is 0.438. The topological polar surface area (TPSA) is 59.4 Å². The molecule has 3 rings (SSSR count). The second-order valence-electron chi connectivity index (χ2n) is 6.01. The summed E-state index contributed by atoms with van der Waals surface area (Å²) in [5.41, 5.74) is 2.58. The van der Waals surface area contributed by atoms with Gasteiger partial charge in [0.05, 0.1) is 17.1 Å². The van der Waals surface area contributed by atoms with Crippen LogP contribution < -0.4 is 0 Å². The first kappa shape index (κ1) is 15.1. The van der Waals surface area contributed by atoms with Crippen molar-refractivity contribution in [2.24, 2.45) is 7.05 Å². The van der Waals surface area contributed by atoms with Gasteiger partial charge in [-0.1, -0.05) is 18.2 Å². The summed E-state index contributed by atoms with van der Waals surface area (Å²) in [4.78, 5) is 14.5. The van der Waals surface area contributed by atoms with Gasteiger partial charge in [-0.15, -0.1) is 0 Å². The van der Waals surface area contributed by atoms with E-state index in [1.807, 2.05) is 42.8 Å². The number of carbonyl (C=O) groups is 1. The summed E-state index contributed by atoms with van der Waals surface area (Å²) in [6.45, 7) is 1.92. The first-order chi connectivity index (χ1) is 10.3. The zero-order chi connectivity index (χ0) is 16.1. The van der Waals surface area contributed by atoms with Crippen LogP contribution in [0.4, 0.5) is 0 Å². The number of para-hydroxylation sites is 1. The number of hydrogen-bond donors (Lipinski definition) is 0. The van der Waals surface area contributed by atoms with Gasteiger partial charge in [0.25, 0.3) is 5.91 Å². The minimum atomic E-state index is -3.00. The predicted molar refractivity (Wildman–Crippen MR) is 86.8 cm³/mol. The molecule has 0 radical (unpaired) electrons. The van der Waals surface area contributed by atoms with E-state index in [0.29, 0.717) is 12.0 Å². The van der Waals surface area contributed by atoms with Crippen LogP contribution in [0.1, 0.15) is 22.5 Å². The molecule has 1 atom stereocenters. The summed E-state index contributed by atoms with van der Waals surface area (Å²) in [7, 11) is 0.640. The Balaban J connectivity index is 2.01. The maximum Gasteiger partial charge on any atom is 0.256 e. The molecule has 1 amide bonds. The van der Waals surface area contributed by atoms with Crippen LogP contribution in [0.3, 0.4) is 0 Å². The Morgan fingerprint density at radius 1 is 1.32 bits per heavy atom. The van der Waals surface area contributed by atoms with Gasteiger partial charge >= 0.3 is 0 Å². The third-order valence-electron chi connectivity index (χ3n) is 4.69. The third kappa shape index (κ3) is 2.31. The lowest BCUT2D eigenvalue weighted by Gasteiger charge is -2.23. The summed E-state index contributed by atoms with van der Waals surface area (Å²) in [6, 6.07) is 7.56. The number of rotatable bonds is 2. The average molecular weight is 320 g/mol. The van der Waals surface area contributed by atoms with E-state index in [9.17, 15) is 13.2 Å². The minimum absolute atomic E-state index is 0.0685. The van der Waals surface area contributed by atoms with E-state index < -0.39 is 9.84 Å². The van der Waals surface area contributed by atoms with Crippen molar-refractivity contribution >= 4 is 26.6 Å². The highest BCUT2D eigenvalue weighted by Crippen LogP contribution is 2.27. The van der Waals surface area contributed by atoms with Crippen molar-refractivity contribution in [3.05, 3.63) is 35.5 Å².